The van der Waals surface area contributed by atoms with Crippen molar-refractivity contribution in [1.82, 2.24) is 9.55 Å². The van der Waals surface area contributed by atoms with Crippen LogP contribution in [0.2, 0.25) is 0 Å². The molecule has 1 aromatic heterocycles. The van der Waals surface area contributed by atoms with Gasteiger partial charge in [-0.15, -0.1) is 0 Å². The lowest BCUT2D eigenvalue weighted by atomic mass is 10.1. The van der Waals surface area contributed by atoms with Crippen molar-refractivity contribution >= 4 is 19.5 Å². The first kappa shape index (κ1) is 17.6. The molecule has 0 spiro atoms. The van der Waals surface area contributed by atoms with E-state index < -0.39 is 39.0 Å². The van der Waals surface area contributed by atoms with Crippen LogP contribution in [0.5, 0.6) is 0 Å². The van der Waals surface area contributed by atoms with Crippen molar-refractivity contribution in [3.05, 3.63) is 12.0 Å². The van der Waals surface area contributed by atoms with E-state index in [2.05, 4.69) is 14.7 Å². The van der Waals surface area contributed by atoms with E-state index in [4.69, 9.17) is 31.2 Å². The number of anilines is 1. The van der Waals surface area contributed by atoms with E-state index in [1.807, 2.05) is 0 Å². The van der Waals surface area contributed by atoms with Crippen LogP contribution in [0, 0.1) is 0 Å². The normalized spacial score (nSPS) is 29.1. The summed E-state index contributed by atoms with van der Waals surface area (Å²) in [6.45, 7) is -0.652. The Labute approximate surface area is 129 Å². The molecule has 0 aliphatic carbocycles. The van der Waals surface area contributed by atoms with Crippen molar-refractivity contribution in [2.24, 2.45) is 10.9 Å². The molecule has 2 heterocycles. The van der Waals surface area contributed by atoms with E-state index in [0.717, 1.165) is 10.9 Å². The highest BCUT2D eigenvalue weighted by molar-refractivity contribution is 7.46. The van der Waals surface area contributed by atoms with Crippen LogP contribution < -0.4 is 11.5 Å². The summed E-state index contributed by atoms with van der Waals surface area (Å²) in [5.74, 6) is -0.469. The van der Waals surface area contributed by atoms with Gasteiger partial charge in [-0.1, -0.05) is 5.16 Å². The van der Waals surface area contributed by atoms with E-state index in [-0.39, 0.29) is 17.3 Å². The second kappa shape index (κ2) is 6.41. The van der Waals surface area contributed by atoms with Gasteiger partial charge in [0.05, 0.1) is 12.9 Å². The second-order valence-electron chi connectivity index (χ2n) is 4.70. The molecule has 1 saturated heterocycles. The molecule has 23 heavy (non-hydrogen) atoms. The van der Waals surface area contributed by atoms with Gasteiger partial charge in [0.2, 0.25) is 0 Å². The number of nitrogens with zero attached hydrogens (tertiary/aromatic N) is 3. The topological polar surface area (TPSA) is 219 Å². The first-order chi connectivity index (χ1) is 10.7. The lowest BCUT2D eigenvalue weighted by Gasteiger charge is -2.17. The number of nitrogens with two attached hydrogens (primary N) is 2. The highest BCUT2D eigenvalue weighted by Crippen LogP contribution is 2.38. The third kappa shape index (κ3) is 3.61. The van der Waals surface area contributed by atoms with E-state index in [1.54, 1.807) is 0 Å². The zero-order valence-electron chi connectivity index (χ0n) is 11.5. The van der Waals surface area contributed by atoms with E-state index >= 15 is 0 Å². The number of hydrogen-bond donors (Lipinski definition) is 7. The number of phosphoric ester groups is 1. The Bertz CT molecular complexity index is 644. The van der Waals surface area contributed by atoms with Crippen LogP contribution in [0.1, 0.15) is 11.9 Å². The van der Waals surface area contributed by atoms with Gasteiger partial charge in [0, 0.05) is 0 Å². The maximum Gasteiger partial charge on any atom is 0.469 e. The fourth-order valence-electron chi connectivity index (χ4n) is 2.09. The summed E-state index contributed by atoms with van der Waals surface area (Å²) < 4.78 is 21.4. The van der Waals surface area contributed by atoms with Gasteiger partial charge in [0.15, 0.2) is 17.8 Å². The Balaban J connectivity index is 2.18. The molecule has 130 valence electrons. The molecular formula is C9H16N5O8P. The highest BCUT2D eigenvalue weighted by atomic mass is 31.2. The van der Waals surface area contributed by atoms with E-state index in [9.17, 15) is 14.8 Å². The van der Waals surface area contributed by atoms with Crippen LogP contribution in [-0.2, 0) is 13.8 Å². The minimum absolute atomic E-state index is 0.0623. The number of amidine groups is 1. The van der Waals surface area contributed by atoms with Crippen molar-refractivity contribution < 1.29 is 39.0 Å². The van der Waals surface area contributed by atoms with Crippen LogP contribution >= 0.6 is 7.82 Å². The zero-order chi connectivity index (χ0) is 17.4. The number of aromatic nitrogens is 2. The van der Waals surface area contributed by atoms with Crippen LogP contribution in [0.25, 0.3) is 0 Å². The number of phosphoric acid groups is 1. The summed E-state index contributed by atoms with van der Waals surface area (Å²) in [7, 11) is -4.76. The Morgan fingerprint density at radius 3 is 2.70 bits per heavy atom. The van der Waals surface area contributed by atoms with Gasteiger partial charge in [0.25, 0.3) is 0 Å². The summed E-state index contributed by atoms with van der Waals surface area (Å²) in [5.41, 5.74) is 11.1. The van der Waals surface area contributed by atoms with Crippen LogP contribution in [0.3, 0.4) is 0 Å². The average molecular weight is 353 g/mol. The highest BCUT2D eigenvalue weighted by Gasteiger charge is 2.45. The largest absolute Gasteiger partial charge is 0.469 e. The number of imidazole rings is 1. The molecule has 1 aliphatic heterocycles. The van der Waals surface area contributed by atoms with Gasteiger partial charge in [-0.25, -0.2) is 9.55 Å². The van der Waals surface area contributed by atoms with Gasteiger partial charge in [-0.05, 0) is 0 Å². The monoisotopic (exact) mass is 353 g/mol. The third-order valence-corrected chi connectivity index (χ3v) is 3.69. The van der Waals surface area contributed by atoms with Gasteiger partial charge in [-0.3, -0.25) is 9.09 Å². The molecule has 2 rings (SSSR count). The third-order valence-electron chi connectivity index (χ3n) is 3.20. The quantitative estimate of drug-likeness (QED) is 0.0948. The molecule has 0 amide bonds. The summed E-state index contributed by atoms with van der Waals surface area (Å²) in [6, 6.07) is 0. The Morgan fingerprint density at radius 1 is 1.48 bits per heavy atom. The minimum Gasteiger partial charge on any atom is -0.409 e. The molecule has 0 aromatic carbocycles. The van der Waals surface area contributed by atoms with Crippen molar-refractivity contribution in [3.8, 4) is 0 Å². The van der Waals surface area contributed by atoms with Crippen LogP contribution in [0.15, 0.2) is 11.5 Å². The van der Waals surface area contributed by atoms with Crippen molar-refractivity contribution in [3.63, 3.8) is 0 Å². The lowest BCUT2D eigenvalue weighted by molar-refractivity contribution is -0.0510. The SMILES string of the molecule is N/C(=N\O)c1ncn([C@@H]2O[C@H](COP(=O)(O)O)[C@@H](O)[C@H]2O)c1N. The first-order valence-electron chi connectivity index (χ1n) is 6.17. The van der Waals surface area contributed by atoms with Crippen molar-refractivity contribution in [1.29, 1.82) is 0 Å². The Kier molecular flexibility index (Phi) is 4.91. The molecule has 9 N–H and O–H groups in total. The fraction of sp³-hybridized carbons (Fsp3) is 0.556. The standard InChI is InChI=1S/C9H16N5O8P/c10-7(13-17)4-8(11)14(2-12-4)9-6(16)5(15)3(22-9)1-21-23(18,19)20/h2-3,5-6,9,15-17H,1,11H2,(H2,10,13)(H2,18,19,20)/t3-,5-,6-,9-/m1/s1. The maximum atomic E-state index is 10.7. The predicted molar refractivity (Wildman–Crippen MR) is 73.1 cm³/mol. The molecule has 1 aliphatic rings. The number of rotatable bonds is 5. The summed E-state index contributed by atoms with van der Waals surface area (Å²) in [4.78, 5) is 21.1. The smallest absolute Gasteiger partial charge is 0.409 e. The maximum absolute atomic E-state index is 10.7. The number of oxime groups is 1. The minimum atomic E-state index is -4.76. The lowest BCUT2D eigenvalue weighted by Crippen LogP contribution is -2.33. The fourth-order valence-corrected chi connectivity index (χ4v) is 2.43. The molecule has 0 unspecified atom stereocenters. The number of nitrogen functional groups attached to an aromatic ring is 1. The zero-order valence-corrected chi connectivity index (χ0v) is 12.4. The first-order valence-corrected chi connectivity index (χ1v) is 7.70. The van der Waals surface area contributed by atoms with Gasteiger partial charge in [-0.2, -0.15) is 0 Å². The molecule has 0 saturated carbocycles. The number of ether oxygens (including phenoxy) is 1. The van der Waals surface area contributed by atoms with Gasteiger partial charge < -0.3 is 41.4 Å². The molecule has 4 atom stereocenters. The van der Waals surface area contributed by atoms with Gasteiger partial charge >= 0.3 is 7.82 Å². The summed E-state index contributed by atoms with van der Waals surface area (Å²) in [6.07, 6.45) is -4.24. The number of aliphatic hydroxyl groups is 2. The average Bonchev–Trinajstić information content (AvgIpc) is 2.98. The van der Waals surface area contributed by atoms with Gasteiger partial charge in [0.1, 0.15) is 24.1 Å². The Hall–Kier alpha value is -1.73. The van der Waals surface area contributed by atoms with Crippen LogP contribution in [0.4, 0.5) is 5.82 Å². The number of hydrogen-bond acceptors (Lipinski definition) is 9. The molecule has 0 bridgehead atoms. The number of aliphatic hydroxyl groups excluding tert-OH is 2. The van der Waals surface area contributed by atoms with Crippen LogP contribution in [-0.4, -0.2) is 65.5 Å². The molecule has 0 radical (unpaired) electrons. The molecule has 1 fully saturated rings. The molecular weight excluding hydrogens is 337 g/mol. The summed E-state index contributed by atoms with van der Waals surface area (Å²) >= 11 is 0. The Morgan fingerprint density at radius 2 is 2.13 bits per heavy atom. The van der Waals surface area contributed by atoms with Crippen molar-refractivity contribution in [2.45, 2.75) is 24.5 Å². The summed E-state index contributed by atoms with van der Waals surface area (Å²) in [5, 5.41) is 31.2. The van der Waals surface area contributed by atoms with E-state index in [0.29, 0.717) is 0 Å². The second-order valence-corrected chi connectivity index (χ2v) is 5.94. The van der Waals surface area contributed by atoms with E-state index in [1.165, 1.54) is 0 Å². The predicted octanol–water partition coefficient (Wildman–Crippen LogP) is -2.71. The molecule has 14 heteroatoms. The molecule has 13 nitrogen and oxygen atoms in total. The van der Waals surface area contributed by atoms with Crippen molar-refractivity contribution in [2.75, 3.05) is 12.3 Å². The molecule has 1 aromatic rings.